The highest BCUT2D eigenvalue weighted by Gasteiger charge is 2.21. The first-order valence-electron chi connectivity index (χ1n) is 5.65. The monoisotopic (exact) mass is 254 g/mol. The molecular formula is C13H19ClN2O. The summed E-state index contributed by atoms with van der Waals surface area (Å²) < 4.78 is 0. The summed E-state index contributed by atoms with van der Waals surface area (Å²) in [6.07, 6.45) is 1.04. The third-order valence-electron chi connectivity index (χ3n) is 2.75. The molecular weight excluding hydrogens is 236 g/mol. The lowest BCUT2D eigenvalue weighted by Gasteiger charge is -2.18. The standard InChI is InChI=1S/C13H18N2O.ClH/c1-13(2,3)12(16)15-10-4-5-11-9(8-10)6-7-14-11;/h4-5,8,14H,6-7H2,1-3H3,(H,15,16);1H. The second-order valence-electron chi connectivity index (χ2n) is 5.25. The fourth-order valence-electron chi connectivity index (χ4n) is 1.70. The Bertz CT molecular complexity index is 424. The number of fused-ring (bicyclic) bond motifs is 1. The van der Waals surface area contributed by atoms with Crippen molar-refractivity contribution in [3.63, 3.8) is 0 Å². The van der Waals surface area contributed by atoms with Gasteiger partial charge in [0.15, 0.2) is 0 Å². The van der Waals surface area contributed by atoms with Gasteiger partial charge in [0.2, 0.25) is 5.91 Å². The third-order valence-corrected chi connectivity index (χ3v) is 2.75. The lowest BCUT2D eigenvalue weighted by Crippen LogP contribution is -2.27. The molecule has 1 aromatic carbocycles. The minimum atomic E-state index is -0.350. The molecule has 1 aliphatic heterocycles. The van der Waals surface area contributed by atoms with E-state index in [0.717, 1.165) is 18.7 Å². The Kier molecular flexibility index (Phi) is 4.04. The summed E-state index contributed by atoms with van der Waals surface area (Å²) in [6, 6.07) is 6.03. The molecule has 1 aliphatic rings. The summed E-state index contributed by atoms with van der Waals surface area (Å²) >= 11 is 0. The number of nitrogens with one attached hydrogen (secondary N) is 2. The highest BCUT2D eigenvalue weighted by atomic mass is 35.5. The smallest absolute Gasteiger partial charge is 0.229 e. The van der Waals surface area contributed by atoms with Crippen LogP contribution >= 0.6 is 12.4 Å². The minimum absolute atomic E-state index is 0. The molecule has 0 aromatic heterocycles. The number of carbonyl (C=O) groups excluding carboxylic acids is 1. The minimum Gasteiger partial charge on any atom is -0.384 e. The molecule has 3 nitrogen and oxygen atoms in total. The van der Waals surface area contributed by atoms with Crippen molar-refractivity contribution >= 4 is 29.7 Å². The lowest BCUT2D eigenvalue weighted by molar-refractivity contribution is -0.123. The number of carbonyl (C=O) groups is 1. The molecule has 2 rings (SSSR count). The van der Waals surface area contributed by atoms with Crippen molar-refractivity contribution in [1.82, 2.24) is 0 Å². The largest absolute Gasteiger partial charge is 0.384 e. The van der Waals surface area contributed by atoms with E-state index in [1.165, 1.54) is 11.3 Å². The molecule has 1 heterocycles. The van der Waals surface area contributed by atoms with Crippen LogP contribution in [0, 0.1) is 5.41 Å². The van der Waals surface area contributed by atoms with Crippen molar-refractivity contribution in [2.24, 2.45) is 5.41 Å². The van der Waals surface area contributed by atoms with Crippen LogP contribution in [-0.4, -0.2) is 12.5 Å². The molecule has 2 N–H and O–H groups in total. The van der Waals surface area contributed by atoms with Crippen molar-refractivity contribution in [2.75, 3.05) is 17.2 Å². The SMILES string of the molecule is CC(C)(C)C(=O)Nc1ccc2c(c1)CCN2.Cl. The molecule has 4 heteroatoms. The Morgan fingerprint density at radius 2 is 2.06 bits per heavy atom. The van der Waals surface area contributed by atoms with Crippen LogP contribution in [-0.2, 0) is 11.2 Å². The predicted molar refractivity (Wildman–Crippen MR) is 74.0 cm³/mol. The van der Waals surface area contributed by atoms with E-state index in [1.807, 2.05) is 32.9 Å². The van der Waals surface area contributed by atoms with Crippen molar-refractivity contribution in [2.45, 2.75) is 27.2 Å². The van der Waals surface area contributed by atoms with Gasteiger partial charge in [0, 0.05) is 23.3 Å². The number of rotatable bonds is 1. The molecule has 0 unspecified atom stereocenters. The van der Waals surface area contributed by atoms with E-state index in [9.17, 15) is 4.79 Å². The maximum atomic E-state index is 11.8. The van der Waals surface area contributed by atoms with Gasteiger partial charge in [-0.3, -0.25) is 4.79 Å². The molecule has 0 atom stereocenters. The second-order valence-corrected chi connectivity index (χ2v) is 5.25. The van der Waals surface area contributed by atoms with Crippen LogP contribution < -0.4 is 10.6 Å². The maximum absolute atomic E-state index is 11.8. The van der Waals surface area contributed by atoms with Crippen LogP contribution in [0.2, 0.25) is 0 Å². The zero-order valence-corrected chi connectivity index (χ0v) is 11.3. The van der Waals surface area contributed by atoms with Crippen LogP contribution in [0.3, 0.4) is 0 Å². The molecule has 0 bridgehead atoms. The van der Waals surface area contributed by atoms with Gasteiger partial charge in [0.1, 0.15) is 0 Å². The second kappa shape index (κ2) is 4.96. The van der Waals surface area contributed by atoms with Crippen LogP contribution in [0.4, 0.5) is 11.4 Å². The van der Waals surface area contributed by atoms with Crippen LogP contribution in [0.1, 0.15) is 26.3 Å². The van der Waals surface area contributed by atoms with Crippen molar-refractivity contribution in [3.8, 4) is 0 Å². The average Bonchev–Trinajstić information content (AvgIpc) is 2.63. The summed E-state index contributed by atoms with van der Waals surface area (Å²) in [5.74, 6) is 0.0541. The fourth-order valence-corrected chi connectivity index (χ4v) is 1.70. The van der Waals surface area contributed by atoms with E-state index in [2.05, 4.69) is 16.7 Å². The number of hydrogen-bond donors (Lipinski definition) is 2. The van der Waals surface area contributed by atoms with Crippen LogP contribution in [0.25, 0.3) is 0 Å². The third kappa shape index (κ3) is 3.13. The van der Waals surface area contributed by atoms with Crippen LogP contribution in [0.15, 0.2) is 18.2 Å². The van der Waals surface area contributed by atoms with Crippen molar-refractivity contribution < 1.29 is 4.79 Å². The Morgan fingerprint density at radius 1 is 1.35 bits per heavy atom. The predicted octanol–water partition coefficient (Wildman–Crippen LogP) is 3.06. The average molecular weight is 255 g/mol. The molecule has 0 aliphatic carbocycles. The summed E-state index contributed by atoms with van der Waals surface area (Å²) in [5.41, 5.74) is 3.01. The molecule has 17 heavy (non-hydrogen) atoms. The van der Waals surface area contributed by atoms with E-state index in [0.29, 0.717) is 0 Å². The van der Waals surface area contributed by atoms with Gasteiger partial charge in [-0.05, 0) is 30.2 Å². The zero-order chi connectivity index (χ0) is 11.8. The summed E-state index contributed by atoms with van der Waals surface area (Å²) in [4.78, 5) is 11.8. The molecule has 1 amide bonds. The van der Waals surface area contributed by atoms with E-state index in [-0.39, 0.29) is 23.7 Å². The number of benzene rings is 1. The van der Waals surface area contributed by atoms with Crippen molar-refractivity contribution in [3.05, 3.63) is 23.8 Å². The maximum Gasteiger partial charge on any atom is 0.229 e. The lowest BCUT2D eigenvalue weighted by atomic mass is 9.95. The normalized spacial score (nSPS) is 13.4. The highest BCUT2D eigenvalue weighted by molar-refractivity contribution is 5.94. The topological polar surface area (TPSA) is 41.1 Å². The first-order valence-corrected chi connectivity index (χ1v) is 5.65. The number of amides is 1. The number of anilines is 2. The van der Waals surface area contributed by atoms with E-state index >= 15 is 0 Å². The first-order chi connectivity index (χ1) is 7.47. The van der Waals surface area contributed by atoms with Gasteiger partial charge in [0.25, 0.3) is 0 Å². The van der Waals surface area contributed by atoms with Gasteiger partial charge in [-0.15, -0.1) is 12.4 Å². The Balaban J connectivity index is 0.00000144. The summed E-state index contributed by atoms with van der Waals surface area (Å²) in [5, 5.41) is 6.24. The van der Waals surface area contributed by atoms with Gasteiger partial charge in [-0.25, -0.2) is 0 Å². The van der Waals surface area contributed by atoms with E-state index in [4.69, 9.17) is 0 Å². The molecule has 0 spiro atoms. The number of halogens is 1. The molecule has 0 fully saturated rings. The van der Waals surface area contributed by atoms with E-state index in [1.54, 1.807) is 0 Å². The molecule has 94 valence electrons. The highest BCUT2D eigenvalue weighted by Crippen LogP contribution is 2.26. The quantitative estimate of drug-likeness (QED) is 0.809. The van der Waals surface area contributed by atoms with Gasteiger partial charge in [-0.2, -0.15) is 0 Å². The molecule has 0 saturated heterocycles. The summed E-state index contributed by atoms with van der Waals surface area (Å²) in [7, 11) is 0. The number of hydrogen-bond acceptors (Lipinski definition) is 2. The van der Waals surface area contributed by atoms with Gasteiger partial charge < -0.3 is 10.6 Å². The zero-order valence-electron chi connectivity index (χ0n) is 10.5. The Labute approximate surface area is 108 Å². The molecule has 0 saturated carbocycles. The Morgan fingerprint density at radius 3 is 2.71 bits per heavy atom. The van der Waals surface area contributed by atoms with Crippen molar-refractivity contribution in [1.29, 1.82) is 0 Å². The Hall–Kier alpha value is -1.22. The fraction of sp³-hybridized carbons (Fsp3) is 0.462. The first kappa shape index (κ1) is 13.8. The molecule has 1 aromatic rings. The van der Waals surface area contributed by atoms with Gasteiger partial charge in [-0.1, -0.05) is 20.8 Å². The summed E-state index contributed by atoms with van der Waals surface area (Å²) in [6.45, 7) is 6.73. The van der Waals surface area contributed by atoms with Gasteiger partial charge in [0.05, 0.1) is 0 Å². The van der Waals surface area contributed by atoms with E-state index < -0.39 is 0 Å². The van der Waals surface area contributed by atoms with Gasteiger partial charge >= 0.3 is 0 Å². The van der Waals surface area contributed by atoms with Crippen LogP contribution in [0.5, 0.6) is 0 Å². The molecule has 0 radical (unpaired) electrons.